The van der Waals surface area contributed by atoms with Crippen LogP contribution in [0.25, 0.3) is 5.82 Å². The van der Waals surface area contributed by atoms with Crippen LogP contribution in [0.5, 0.6) is 0 Å². The van der Waals surface area contributed by atoms with Gasteiger partial charge in [-0.1, -0.05) is 36.4 Å². The summed E-state index contributed by atoms with van der Waals surface area (Å²) in [6.07, 6.45) is 3.28. The Balaban J connectivity index is 1.80. The predicted octanol–water partition coefficient (Wildman–Crippen LogP) is 3.07. The SMILES string of the molecule is Cc1c(C(=O)N[C@@H](C)c2ccccc2)cnn1-c1ccccn1. The Labute approximate surface area is 135 Å². The third kappa shape index (κ3) is 3.13. The highest BCUT2D eigenvalue weighted by atomic mass is 16.1. The molecule has 0 aliphatic carbocycles. The molecule has 0 bridgehead atoms. The van der Waals surface area contributed by atoms with Crippen LogP contribution in [0.4, 0.5) is 0 Å². The molecule has 5 heteroatoms. The molecular weight excluding hydrogens is 288 g/mol. The number of hydrogen-bond donors (Lipinski definition) is 1. The number of pyridine rings is 1. The van der Waals surface area contributed by atoms with Crippen LogP contribution >= 0.6 is 0 Å². The van der Waals surface area contributed by atoms with E-state index in [-0.39, 0.29) is 11.9 Å². The molecule has 1 atom stereocenters. The first kappa shape index (κ1) is 15.0. The third-order valence-electron chi connectivity index (χ3n) is 3.77. The quantitative estimate of drug-likeness (QED) is 0.806. The molecule has 0 aliphatic heterocycles. The zero-order valence-electron chi connectivity index (χ0n) is 13.1. The summed E-state index contributed by atoms with van der Waals surface area (Å²) in [6.45, 7) is 3.83. The molecule has 1 aromatic carbocycles. The molecule has 0 unspecified atom stereocenters. The van der Waals surface area contributed by atoms with E-state index in [1.165, 1.54) is 0 Å². The maximum Gasteiger partial charge on any atom is 0.255 e. The molecule has 116 valence electrons. The van der Waals surface area contributed by atoms with Crippen LogP contribution in [0, 0.1) is 6.92 Å². The van der Waals surface area contributed by atoms with Gasteiger partial charge in [0, 0.05) is 6.20 Å². The van der Waals surface area contributed by atoms with Gasteiger partial charge < -0.3 is 5.32 Å². The van der Waals surface area contributed by atoms with Crippen molar-refractivity contribution in [3.8, 4) is 5.82 Å². The smallest absolute Gasteiger partial charge is 0.255 e. The number of nitrogens with zero attached hydrogens (tertiary/aromatic N) is 3. The zero-order chi connectivity index (χ0) is 16.2. The Hall–Kier alpha value is -2.95. The van der Waals surface area contributed by atoms with Gasteiger partial charge in [0.2, 0.25) is 0 Å². The molecule has 5 nitrogen and oxygen atoms in total. The monoisotopic (exact) mass is 306 g/mol. The summed E-state index contributed by atoms with van der Waals surface area (Å²) in [6, 6.07) is 15.4. The second kappa shape index (κ2) is 6.44. The highest BCUT2D eigenvalue weighted by Crippen LogP contribution is 2.15. The summed E-state index contributed by atoms with van der Waals surface area (Å²) in [5, 5.41) is 7.29. The van der Waals surface area contributed by atoms with E-state index in [0.717, 1.165) is 11.3 Å². The molecule has 0 aliphatic rings. The lowest BCUT2D eigenvalue weighted by atomic mass is 10.1. The van der Waals surface area contributed by atoms with Crippen LogP contribution in [0.3, 0.4) is 0 Å². The highest BCUT2D eigenvalue weighted by molar-refractivity contribution is 5.95. The zero-order valence-corrected chi connectivity index (χ0v) is 13.1. The standard InChI is InChI=1S/C18H18N4O/c1-13(15-8-4-3-5-9-15)21-18(23)16-12-20-22(14(16)2)17-10-6-7-11-19-17/h3-13H,1-2H3,(H,21,23)/t13-/m0/s1. The van der Waals surface area contributed by atoms with Crippen LogP contribution in [0.1, 0.15) is 34.6 Å². The maximum absolute atomic E-state index is 12.5. The van der Waals surface area contributed by atoms with Gasteiger partial charge in [-0.25, -0.2) is 9.67 Å². The highest BCUT2D eigenvalue weighted by Gasteiger charge is 2.17. The van der Waals surface area contributed by atoms with E-state index < -0.39 is 0 Å². The van der Waals surface area contributed by atoms with E-state index in [1.807, 2.05) is 62.4 Å². The van der Waals surface area contributed by atoms with Crippen molar-refractivity contribution in [1.82, 2.24) is 20.1 Å². The second-order valence-corrected chi connectivity index (χ2v) is 5.35. The van der Waals surface area contributed by atoms with E-state index in [2.05, 4.69) is 15.4 Å². The Morgan fingerprint density at radius 2 is 1.87 bits per heavy atom. The van der Waals surface area contributed by atoms with Gasteiger partial charge in [-0.2, -0.15) is 5.10 Å². The van der Waals surface area contributed by atoms with Crippen molar-refractivity contribution in [3.63, 3.8) is 0 Å². The van der Waals surface area contributed by atoms with Gasteiger partial charge in [0.05, 0.1) is 23.5 Å². The van der Waals surface area contributed by atoms with Gasteiger partial charge >= 0.3 is 0 Å². The molecule has 1 N–H and O–H groups in total. The topological polar surface area (TPSA) is 59.8 Å². The van der Waals surface area contributed by atoms with Gasteiger partial charge in [0.15, 0.2) is 5.82 Å². The lowest BCUT2D eigenvalue weighted by molar-refractivity contribution is 0.0939. The Kier molecular flexibility index (Phi) is 4.19. The van der Waals surface area contributed by atoms with Gasteiger partial charge in [-0.15, -0.1) is 0 Å². The number of benzene rings is 1. The Morgan fingerprint density at radius 1 is 1.13 bits per heavy atom. The van der Waals surface area contributed by atoms with E-state index >= 15 is 0 Å². The number of carbonyl (C=O) groups is 1. The van der Waals surface area contributed by atoms with Gasteiger partial charge in [0.25, 0.3) is 5.91 Å². The second-order valence-electron chi connectivity index (χ2n) is 5.35. The van der Waals surface area contributed by atoms with Crippen LogP contribution in [-0.2, 0) is 0 Å². The predicted molar refractivity (Wildman–Crippen MR) is 88.4 cm³/mol. The Morgan fingerprint density at radius 3 is 2.57 bits per heavy atom. The minimum absolute atomic E-state index is 0.0682. The van der Waals surface area contributed by atoms with Gasteiger partial charge in [-0.3, -0.25) is 4.79 Å². The van der Waals surface area contributed by atoms with Crippen molar-refractivity contribution < 1.29 is 4.79 Å². The molecule has 23 heavy (non-hydrogen) atoms. The van der Waals surface area contributed by atoms with E-state index in [0.29, 0.717) is 11.4 Å². The lowest BCUT2D eigenvalue weighted by Crippen LogP contribution is -2.27. The summed E-state index contributed by atoms with van der Waals surface area (Å²) in [5.41, 5.74) is 2.38. The van der Waals surface area contributed by atoms with Crippen molar-refractivity contribution in [1.29, 1.82) is 0 Å². The molecule has 0 spiro atoms. The first-order chi connectivity index (χ1) is 11.2. The fraction of sp³-hybridized carbons (Fsp3) is 0.167. The molecule has 2 aromatic heterocycles. The molecule has 0 saturated carbocycles. The summed E-state index contributed by atoms with van der Waals surface area (Å²) in [4.78, 5) is 16.8. The average Bonchev–Trinajstić information content (AvgIpc) is 2.98. The number of aromatic nitrogens is 3. The molecule has 0 saturated heterocycles. The van der Waals surface area contributed by atoms with E-state index in [4.69, 9.17) is 0 Å². The largest absolute Gasteiger partial charge is 0.345 e. The molecule has 3 rings (SSSR count). The van der Waals surface area contributed by atoms with E-state index in [1.54, 1.807) is 17.1 Å². The maximum atomic E-state index is 12.5. The molecule has 0 fully saturated rings. The van der Waals surface area contributed by atoms with E-state index in [9.17, 15) is 4.79 Å². The molecule has 2 heterocycles. The first-order valence-electron chi connectivity index (χ1n) is 7.48. The molecular formula is C18H18N4O. The Bertz CT molecular complexity index is 796. The van der Waals surface area contributed by atoms with Gasteiger partial charge in [-0.05, 0) is 31.5 Å². The first-order valence-corrected chi connectivity index (χ1v) is 7.48. The number of amides is 1. The van der Waals surface area contributed by atoms with Crippen molar-refractivity contribution in [2.75, 3.05) is 0 Å². The van der Waals surface area contributed by atoms with Crippen LogP contribution in [0.15, 0.2) is 60.9 Å². The minimum Gasteiger partial charge on any atom is -0.345 e. The van der Waals surface area contributed by atoms with Crippen molar-refractivity contribution >= 4 is 5.91 Å². The number of rotatable bonds is 4. The summed E-state index contributed by atoms with van der Waals surface area (Å²) < 4.78 is 1.67. The fourth-order valence-electron chi connectivity index (χ4n) is 2.44. The summed E-state index contributed by atoms with van der Waals surface area (Å²) in [5.74, 6) is 0.557. The summed E-state index contributed by atoms with van der Waals surface area (Å²) in [7, 11) is 0. The normalized spacial score (nSPS) is 11.9. The lowest BCUT2D eigenvalue weighted by Gasteiger charge is -2.14. The third-order valence-corrected chi connectivity index (χ3v) is 3.77. The van der Waals surface area contributed by atoms with Crippen LogP contribution in [0.2, 0.25) is 0 Å². The van der Waals surface area contributed by atoms with Crippen LogP contribution in [-0.4, -0.2) is 20.7 Å². The molecule has 3 aromatic rings. The van der Waals surface area contributed by atoms with Crippen LogP contribution < -0.4 is 5.32 Å². The molecule has 1 amide bonds. The minimum atomic E-state index is -0.138. The number of hydrogen-bond acceptors (Lipinski definition) is 3. The summed E-state index contributed by atoms with van der Waals surface area (Å²) >= 11 is 0. The fourth-order valence-corrected chi connectivity index (χ4v) is 2.44. The van der Waals surface area contributed by atoms with Crippen molar-refractivity contribution in [2.24, 2.45) is 0 Å². The average molecular weight is 306 g/mol. The van der Waals surface area contributed by atoms with Gasteiger partial charge in [0.1, 0.15) is 0 Å². The van der Waals surface area contributed by atoms with Crippen molar-refractivity contribution in [2.45, 2.75) is 19.9 Å². The molecule has 0 radical (unpaired) electrons. The van der Waals surface area contributed by atoms with Crippen molar-refractivity contribution in [3.05, 3.63) is 77.7 Å². The number of carbonyl (C=O) groups excluding carboxylic acids is 1. The number of nitrogens with one attached hydrogen (secondary N) is 1.